The standard InChI is InChI=1S/C17H42GeSi3/c1-11-12-13-14-15-16-17-18(19(2,3)4,20(5,6)7)21(8,9)10/h16-17H,11-15H2,1-10H3. The molecule has 0 fully saturated rings. The van der Waals surface area contributed by atoms with Crippen molar-refractivity contribution in [2.75, 3.05) is 0 Å². The summed E-state index contributed by atoms with van der Waals surface area (Å²) in [6.45, 7) is 23.4. The molecule has 0 rings (SSSR count). The molecule has 126 valence electrons. The normalized spacial score (nSPS) is 15.0. The fraction of sp³-hybridized carbons (Fsp3) is 0.882. The summed E-state index contributed by atoms with van der Waals surface area (Å²) in [5.41, 5.74) is 0. The fourth-order valence-electron chi connectivity index (χ4n) is 5.07. The third-order valence-corrected chi connectivity index (χ3v) is 131. The Balaban J connectivity index is 5.38. The molecule has 0 saturated carbocycles. The Morgan fingerprint density at radius 1 is 0.667 bits per heavy atom. The molecule has 0 N–H and O–H groups in total. The number of hydrogen-bond donors (Lipinski definition) is 0. The Morgan fingerprint density at radius 3 is 1.43 bits per heavy atom. The molecule has 4 heteroatoms. The molecule has 0 saturated heterocycles. The van der Waals surface area contributed by atoms with Crippen LogP contribution in [0.25, 0.3) is 0 Å². The molecule has 0 aliphatic rings. The van der Waals surface area contributed by atoms with Crippen LogP contribution in [0.15, 0.2) is 11.0 Å². The van der Waals surface area contributed by atoms with Crippen LogP contribution < -0.4 is 0 Å². The van der Waals surface area contributed by atoms with Gasteiger partial charge < -0.3 is 0 Å². The second-order valence-corrected chi connectivity index (χ2v) is 75.8. The number of hydrogen-bond acceptors (Lipinski definition) is 0. The van der Waals surface area contributed by atoms with Crippen LogP contribution >= 0.6 is 0 Å². The average Bonchev–Trinajstić information content (AvgIpc) is 2.22. The zero-order valence-electron chi connectivity index (χ0n) is 16.7. The molecular formula is C17H42GeSi3. The van der Waals surface area contributed by atoms with E-state index in [1.165, 1.54) is 32.1 Å². The Hall–Kier alpha value is 0.934. The predicted octanol–water partition coefficient (Wildman–Crippen LogP) is 6.75. The van der Waals surface area contributed by atoms with E-state index in [-0.39, 0.29) is 0 Å². The van der Waals surface area contributed by atoms with Gasteiger partial charge in [0, 0.05) is 0 Å². The van der Waals surface area contributed by atoms with Gasteiger partial charge in [-0.3, -0.25) is 0 Å². The van der Waals surface area contributed by atoms with E-state index in [0.717, 1.165) is 0 Å². The van der Waals surface area contributed by atoms with Crippen LogP contribution in [0.5, 0.6) is 0 Å². The first-order valence-electron chi connectivity index (χ1n) is 8.99. The Kier molecular flexibility index (Phi) is 8.52. The van der Waals surface area contributed by atoms with Gasteiger partial charge in [0.1, 0.15) is 0 Å². The third kappa shape index (κ3) is 5.50. The molecule has 0 aliphatic heterocycles. The van der Waals surface area contributed by atoms with Crippen LogP contribution in [0.1, 0.15) is 39.0 Å². The molecule has 0 nitrogen and oxygen atoms in total. The van der Waals surface area contributed by atoms with Gasteiger partial charge in [0.15, 0.2) is 0 Å². The zero-order chi connectivity index (χ0) is 16.9. The minimum absolute atomic E-state index is 1.06. The minimum atomic E-state index is -1.87. The SMILES string of the molecule is CCCCCCC=[CH][Ge]([Si](C)(C)C)([Si](C)(C)C)[Si](C)(C)C. The van der Waals surface area contributed by atoms with E-state index in [1.807, 2.05) is 0 Å². The van der Waals surface area contributed by atoms with E-state index in [9.17, 15) is 0 Å². The van der Waals surface area contributed by atoms with Gasteiger partial charge in [0.05, 0.1) is 0 Å². The first-order valence-corrected chi connectivity index (χ1v) is 30.1. The van der Waals surface area contributed by atoms with Gasteiger partial charge in [-0.1, -0.05) is 0 Å². The molecule has 21 heavy (non-hydrogen) atoms. The third-order valence-electron chi connectivity index (χ3n) is 5.14. The molecule has 0 heterocycles. The van der Waals surface area contributed by atoms with Crippen LogP contribution in [0, 0.1) is 0 Å². The van der Waals surface area contributed by atoms with E-state index < -0.39 is 31.1 Å². The molecule has 0 aliphatic carbocycles. The molecule has 0 aromatic rings. The summed E-state index contributed by atoms with van der Waals surface area (Å²) in [5.74, 6) is 0. The van der Waals surface area contributed by atoms with Crippen LogP contribution in [0.2, 0.25) is 58.9 Å². The first kappa shape index (κ1) is 21.9. The Labute approximate surface area is 139 Å². The summed E-state index contributed by atoms with van der Waals surface area (Å²) < 4.78 is 0. The first-order chi connectivity index (χ1) is 9.31. The van der Waals surface area contributed by atoms with Crippen molar-refractivity contribution in [3.8, 4) is 0 Å². The molecule has 0 aromatic heterocycles. The van der Waals surface area contributed by atoms with Crippen molar-refractivity contribution in [1.82, 2.24) is 0 Å². The topological polar surface area (TPSA) is 0 Å². The Morgan fingerprint density at radius 2 is 1.10 bits per heavy atom. The summed E-state index contributed by atoms with van der Waals surface area (Å²) >= 11 is -1.87. The molecular weight excluding hydrogens is 361 g/mol. The van der Waals surface area contributed by atoms with Gasteiger partial charge in [0.25, 0.3) is 0 Å². The Bertz CT molecular complexity index is 293. The molecule has 0 aromatic carbocycles. The second kappa shape index (κ2) is 8.16. The predicted molar refractivity (Wildman–Crippen MR) is 114 cm³/mol. The van der Waals surface area contributed by atoms with Crippen LogP contribution in [0.4, 0.5) is 0 Å². The quantitative estimate of drug-likeness (QED) is 0.295. The average molecular weight is 403 g/mol. The van der Waals surface area contributed by atoms with Gasteiger partial charge in [-0.25, -0.2) is 0 Å². The molecule has 0 amide bonds. The molecule has 0 unspecified atom stereocenters. The number of allylic oxidation sites excluding steroid dienone is 1. The van der Waals surface area contributed by atoms with E-state index in [0.29, 0.717) is 0 Å². The molecule has 0 spiro atoms. The summed E-state index contributed by atoms with van der Waals surface area (Å²) in [4.78, 5) is 2.94. The summed E-state index contributed by atoms with van der Waals surface area (Å²) in [7, 11) is 0. The van der Waals surface area contributed by atoms with Gasteiger partial charge in [-0.05, 0) is 0 Å². The van der Waals surface area contributed by atoms with E-state index in [4.69, 9.17) is 0 Å². The van der Waals surface area contributed by atoms with E-state index >= 15 is 0 Å². The van der Waals surface area contributed by atoms with Crippen molar-refractivity contribution in [3.05, 3.63) is 11.0 Å². The molecule has 0 atom stereocenters. The van der Waals surface area contributed by atoms with Crippen molar-refractivity contribution in [2.45, 2.75) is 98.0 Å². The maximum absolute atomic E-state index is 2.94. The van der Waals surface area contributed by atoms with Crippen LogP contribution in [-0.4, -0.2) is 31.1 Å². The van der Waals surface area contributed by atoms with Gasteiger partial charge in [-0.15, -0.1) is 0 Å². The summed E-state index contributed by atoms with van der Waals surface area (Å²) in [6.07, 6.45) is 9.59. The molecule has 0 bridgehead atoms. The van der Waals surface area contributed by atoms with E-state index in [2.05, 4.69) is 76.8 Å². The van der Waals surface area contributed by atoms with Gasteiger partial charge in [0.2, 0.25) is 0 Å². The summed E-state index contributed by atoms with van der Waals surface area (Å²) in [6, 6.07) is 0. The number of unbranched alkanes of at least 4 members (excludes halogenated alkanes) is 4. The zero-order valence-corrected chi connectivity index (χ0v) is 21.8. The fourth-order valence-corrected chi connectivity index (χ4v) is 173. The van der Waals surface area contributed by atoms with Crippen molar-refractivity contribution < 1.29 is 0 Å². The van der Waals surface area contributed by atoms with Crippen LogP contribution in [-0.2, 0) is 0 Å². The van der Waals surface area contributed by atoms with Crippen molar-refractivity contribution in [1.29, 1.82) is 0 Å². The van der Waals surface area contributed by atoms with Crippen molar-refractivity contribution >= 4 is 31.1 Å². The second-order valence-electron chi connectivity index (χ2n) is 9.81. The maximum atomic E-state index is 2.94. The van der Waals surface area contributed by atoms with Crippen LogP contribution in [0.3, 0.4) is 0 Å². The van der Waals surface area contributed by atoms with E-state index in [1.54, 1.807) is 0 Å². The molecule has 0 radical (unpaired) electrons. The van der Waals surface area contributed by atoms with Crippen molar-refractivity contribution in [2.24, 2.45) is 0 Å². The monoisotopic (exact) mass is 404 g/mol. The van der Waals surface area contributed by atoms with Crippen molar-refractivity contribution in [3.63, 3.8) is 0 Å². The number of rotatable bonds is 9. The van der Waals surface area contributed by atoms with Gasteiger partial charge >= 0.3 is 140 Å². The summed E-state index contributed by atoms with van der Waals surface area (Å²) in [5, 5.41) is 0. The van der Waals surface area contributed by atoms with Gasteiger partial charge in [-0.2, -0.15) is 0 Å².